The summed E-state index contributed by atoms with van der Waals surface area (Å²) in [6, 6.07) is 10.5. The predicted octanol–water partition coefficient (Wildman–Crippen LogP) is 1.40. The Hall–Kier alpha value is -1.92. The van der Waals surface area contributed by atoms with Gasteiger partial charge in [0, 0.05) is 38.8 Å². The number of benzene rings is 1. The Balaban J connectivity index is 1.43. The van der Waals surface area contributed by atoms with Gasteiger partial charge in [-0.05, 0) is 32.3 Å². The van der Waals surface area contributed by atoms with Crippen LogP contribution in [0, 0.1) is 0 Å². The van der Waals surface area contributed by atoms with E-state index in [1.807, 2.05) is 19.9 Å². The van der Waals surface area contributed by atoms with Crippen LogP contribution in [0.3, 0.4) is 0 Å². The molecule has 1 N–H and O–H groups in total. The first-order chi connectivity index (χ1) is 12.5. The summed E-state index contributed by atoms with van der Waals surface area (Å²) >= 11 is 0. The van der Waals surface area contributed by atoms with Crippen molar-refractivity contribution in [3.8, 4) is 0 Å². The number of morpholine rings is 1. The molecule has 6 heteroatoms. The van der Waals surface area contributed by atoms with E-state index in [0.29, 0.717) is 13.1 Å². The van der Waals surface area contributed by atoms with E-state index in [1.54, 1.807) is 4.90 Å². The first-order valence-electron chi connectivity index (χ1n) is 9.53. The fourth-order valence-electron chi connectivity index (χ4n) is 3.81. The highest BCUT2D eigenvalue weighted by atomic mass is 16.5. The largest absolute Gasteiger partial charge is 0.372 e. The highest BCUT2D eigenvalue weighted by Gasteiger charge is 2.31. The zero-order valence-electron chi connectivity index (χ0n) is 15.7. The molecule has 2 heterocycles. The Morgan fingerprint density at radius 1 is 1.08 bits per heavy atom. The van der Waals surface area contributed by atoms with Crippen molar-refractivity contribution in [2.75, 3.05) is 26.2 Å². The zero-order valence-corrected chi connectivity index (χ0v) is 15.7. The molecule has 6 nitrogen and oxygen atoms in total. The van der Waals surface area contributed by atoms with Gasteiger partial charge in [0.15, 0.2) is 0 Å². The monoisotopic (exact) mass is 359 g/mol. The van der Waals surface area contributed by atoms with Crippen molar-refractivity contribution in [3.05, 3.63) is 35.9 Å². The minimum absolute atomic E-state index is 0.0308. The number of ether oxygens (including phenoxy) is 1. The summed E-state index contributed by atoms with van der Waals surface area (Å²) in [6.45, 7) is 7.61. The molecule has 0 spiro atoms. The first-order valence-corrected chi connectivity index (χ1v) is 9.53. The van der Waals surface area contributed by atoms with Gasteiger partial charge in [-0.25, -0.2) is 0 Å². The van der Waals surface area contributed by atoms with Crippen LogP contribution in [0.5, 0.6) is 0 Å². The van der Waals surface area contributed by atoms with Crippen LogP contribution >= 0.6 is 0 Å². The van der Waals surface area contributed by atoms with Gasteiger partial charge in [-0.15, -0.1) is 0 Å². The summed E-state index contributed by atoms with van der Waals surface area (Å²) in [6.07, 6.45) is 1.69. The molecule has 2 atom stereocenters. The quantitative estimate of drug-likeness (QED) is 0.829. The van der Waals surface area contributed by atoms with Gasteiger partial charge in [-0.3, -0.25) is 14.5 Å². The minimum Gasteiger partial charge on any atom is -0.372 e. The standard InChI is InChI=1S/C20H29N3O3/c1-15-12-23(13-16(2)26-15)20(25)19(24)21-18-8-10-22(11-9-18)14-17-6-4-3-5-7-17/h3-7,15-16,18H,8-14H2,1-2H3,(H,21,24). The number of amides is 2. The van der Waals surface area contributed by atoms with Gasteiger partial charge in [0.2, 0.25) is 0 Å². The Labute approximate surface area is 155 Å². The van der Waals surface area contributed by atoms with Crippen molar-refractivity contribution >= 4 is 11.8 Å². The lowest BCUT2D eigenvalue weighted by Gasteiger charge is -2.36. The third-order valence-electron chi connectivity index (χ3n) is 5.07. The van der Waals surface area contributed by atoms with Crippen molar-refractivity contribution in [3.63, 3.8) is 0 Å². The van der Waals surface area contributed by atoms with E-state index in [-0.39, 0.29) is 18.2 Å². The predicted molar refractivity (Wildman–Crippen MR) is 99.5 cm³/mol. The van der Waals surface area contributed by atoms with E-state index in [1.165, 1.54) is 5.56 Å². The van der Waals surface area contributed by atoms with Crippen LogP contribution in [0.25, 0.3) is 0 Å². The molecule has 0 saturated carbocycles. The molecule has 2 fully saturated rings. The summed E-state index contributed by atoms with van der Waals surface area (Å²) in [5.41, 5.74) is 1.31. The SMILES string of the molecule is CC1CN(C(=O)C(=O)NC2CCN(Cc3ccccc3)CC2)CC(C)O1. The number of hydrogen-bond acceptors (Lipinski definition) is 4. The normalized spacial score (nSPS) is 25.1. The van der Waals surface area contributed by atoms with Crippen molar-refractivity contribution < 1.29 is 14.3 Å². The lowest BCUT2D eigenvalue weighted by molar-refractivity contribution is -0.153. The van der Waals surface area contributed by atoms with Crippen LogP contribution in [0.4, 0.5) is 0 Å². The summed E-state index contributed by atoms with van der Waals surface area (Å²) in [5.74, 6) is -0.911. The molecular weight excluding hydrogens is 330 g/mol. The van der Waals surface area contributed by atoms with Gasteiger partial charge in [-0.2, -0.15) is 0 Å². The summed E-state index contributed by atoms with van der Waals surface area (Å²) in [4.78, 5) is 28.8. The molecule has 2 aliphatic rings. The second-order valence-corrected chi connectivity index (χ2v) is 7.48. The third-order valence-corrected chi connectivity index (χ3v) is 5.07. The molecule has 0 aromatic heterocycles. The Morgan fingerprint density at radius 2 is 1.69 bits per heavy atom. The van der Waals surface area contributed by atoms with Crippen LogP contribution in [0.1, 0.15) is 32.3 Å². The summed E-state index contributed by atoms with van der Waals surface area (Å²) in [7, 11) is 0. The fourth-order valence-corrected chi connectivity index (χ4v) is 3.81. The number of carbonyl (C=O) groups excluding carboxylic acids is 2. The Kier molecular flexibility index (Phi) is 6.27. The number of nitrogens with zero attached hydrogens (tertiary/aromatic N) is 2. The lowest BCUT2D eigenvalue weighted by Crippen LogP contribution is -2.54. The second kappa shape index (κ2) is 8.64. The molecule has 2 saturated heterocycles. The van der Waals surface area contributed by atoms with Gasteiger partial charge in [-0.1, -0.05) is 30.3 Å². The molecule has 3 rings (SSSR count). The van der Waals surface area contributed by atoms with Crippen molar-refractivity contribution in [2.45, 2.75) is 51.5 Å². The van der Waals surface area contributed by atoms with E-state index in [0.717, 1.165) is 32.5 Å². The molecule has 0 radical (unpaired) electrons. The van der Waals surface area contributed by atoms with Gasteiger partial charge < -0.3 is 15.0 Å². The molecule has 0 bridgehead atoms. The Morgan fingerprint density at radius 3 is 2.31 bits per heavy atom. The van der Waals surface area contributed by atoms with Crippen LogP contribution < -0.4 is 5.32 Å². The molecule has 26 heavy (non-hydrogen) atoms. The van der Waals surface area contributed by atoms with Crippen molar-refractivity contribution in [2.24, 2.45) is 0 Å². The molecule has 1 aromatic rings. The maximum atomic E-state index is 12.4. The average molecular weight is 359 g/mol. The van der Waals surface area contributed by atoms with Crippen LogP contribution in [-0.4, -0.2) is 66.0 Å². The number of piperidine rings is 1. The van der Waals surface area contributed by atoms with Crippen LogP contribution in [0.15, 0.2) is 30.3 Å². The van der Waals surface area contributed by atoms with E-state index in [2.05, 4.69) is 34.5 Å². The molecule has 0 aliphatic carbocycles. The highest BCUT2D eigenvalue weighted by Crippen LogP contribution is 2.15. The summed E-state index contributed by atoms with van der Waals surface area (Å²) < 4.78 is 5.63. The number of carbonyl (C=O) groups is 2. The molecular formula is C20H29N3O3. The van der Waals surface area contributed by atoms with Crippen LogP contribution in [0.2, 0.25) is 0 Å². The molecule has 142 valence electrons. The van der Waals surface area contributed by atoms with Crippen LogP contribution in [-0.2, 0) is 20.9 Å². The topological polar surface area (TPSA) is 61.9 Å². The number of nitrogens with one attached hydrogen (secondary N) is 1. The van der Waals surface area contributed by atoms with Crippen molar-refractivity contribution in [1.82, 2.24) is 15.1 Å². The van der Waals surface area contributed by atoms with Crippen molar-refractivity contribution in [1.29, 1.82) is 0 Å². The maximum absolute atomic E-state index is 12.4. The smallest absolute Gasteiger partial charge is 0.312 e. The molecule has 2 amide bonds. The van der Waals surface area contributed by atoms with Gasteiger partial charge in [0.1, 0.15) is 0 Å². The summed E-state index contributed by atoms with van der Waals surface area (Å²) in [5, 5.41) is 2.93. The van der Waals surface area contributed by atoms with E-state index in [4.69, 9.17) is 4.74 Å². The second-order valence-electron chi connectivity index (χ2n) is 7.48. The van der Waals surface area contributed by atoms with E-state index in [9.17, 15) is 9.59 Å². The fraction of sp³-hybridized carbons (Fsp3) is 0.600. The van der Waals surface area contributed by atoms with Gasteiger partial charge >= 0.3 is 11.8 Å². The zero-order chi connectivity index (χ0) is 18.5. The van der Waals surface area contributed by atoms with Gasteiger partial charge in [0.25, 0.3) is 0 Å². The first kappa shape index (κ1) is 18.9. The third kappa shape index (κ3) is 5.05. The molecule has 2 unspecified atom stereocenters. The molecule has 2 aliphatic heterocycles. The Bertz CT molecular complexity index is 604. The number of likely N-dealkylation sites (tertiary alicyclic amines) is 1. The maximum Gasteiger partial charge on any atom is 0.312 e. The lowest BCUT2D eigenvalue weighted by atomic mass is 10.0. The number of rotatable bonds is 3. The highest BCUT2D eigenvalue weighted by molar-refractivity contribution is 6.35. The number of hydrogen-bond donors (Lipinski definition) is 1. The average Bonchev–Trinajstić information content (AvgIpc) is 2.63. The van der Waals surface area contributed by atoms with Gasteiger partial charge in [0.05, 0.1) is 12.2 Å². The molecule has 1 aromatic carbocycles. The van der Waals surface area contributed by atoms with E-state index < -0.39 is 11.8 Å². The van der Waals surface area contributed by atoms with E-state index >= 15 is 0 Å². The minimum atomic E-state index is -0.479.